The van der Waals surface area contributed by atoms with Gasteiger partial charge in [-0.15, -0.1) is 0 Å². The van der Waals surface area contributed by atoms with Crippen molar-refractivity contribution in [3.63, 3.8) is 0 Å². The second-order valence-electron chi connectivity index (χ2n) is 5.83. The molecule has 0 spiro atoms. The molecule has 0 unspecified atom stereocenters. The molecule has 0 atom stereocenters. The van der Waals surface area contributed by atoms with E-state index in [0.29, 0.717) is 17.9 Å². The van der Waals surface area contributed by atoms with Crippen molar-refractivity contribution in [3.8, 4) is 5.75 Å². The van der Waals surface area contributed by atoms with Crippen molar-refractivity contribution in [2.45, 2.75) is 51.0 Å². The molecule has 3 rings (SSSR count). The summed E-state index contributed by atoms with van der Waals surface area (Å²) in [4.78, 5) is 0. The predicted octanol–water partition coefficient (Wildman–Crippen LogP) is 4.79. The Kier molecular flexibility index (Phi) is 4.04. The van der Waals surface area contributed by atoms with Gasteiger partial charge in [-0.05, 0) is 56.1 Å². The fraction of sp³-hybridized carbons (Fsp3) is 0.529. The van der Waals surface area contributed by atoms with Gasteiger partial charge in [-0.1, -0.05) is 24.6 Å². The van der Waals surface area contributed by atoms with E-state index in [0.717, 1.165) is 19.3 Å². The Morgan fingerprint density at radius 3 is 2.55 bits per heavy atom. The Bertz CT molecular complexity index is 502. The predicted molar refractivity (Wildman–Crippen MR) is 74.8 cm³/mol. The number of rotatable bonds is 6. The van der Waals surface area contributed by atoms with E-state index in [2.05, 4.69) is 12.2 Å². The van der Waals surface area contributed by atoms with Gasteiger partial charge in [0.15, 0.2) is 11.6 Å². The average molecular weight is 278 g/mol. The van der Waals surface area contributed by atoms with Crippen molar-refractivity contribution in [3.05, 3.63) is 41.5 Å². The summed E-state index contributed by atoms with van der Waals surface area (Å²) >= 11 is 0. The molecular formula is C17H20F2O. The SMILES string of the molecule is Fc1c(CC/C=C/C2CCC2)ccc(OC2CC2)c1F. The van der Waals surface area contributed by atoms with Crippen LogP contribution >= 0.6 is 0 Å². The van der Waals surface area contributed by atoms with Crippen molar-refractivity contribution in [1.82, 2.24) is 0 Å². The summed E-state index contributed by atoms with van der Waals surface area (Å²) in [6, 6.07) is 3.20. The lowest BCUT2D eigenvalue weighted by Crippen LogP contribution is -2.06. The number of allylic oxidation sites excluding steroid dienone is 2. The van der Waals surface area contributed by atoms with Crippen molar-refractivity contribution in [2.24, 2.45) is 5.92 Å². The first-order valence-corrected chi connectivity index (χ1v) is 7.54. The van der Waals surface area contributed by atoms with Gasteiger partial charge < -0.3 is 4.74 Å². The Labute approximate surface area is 118 Å². The summed E-state index contributed by atoms with van der Waals surface area (Å²) < 4.78 is 33.1. The number of benzene rings is 1. The highest BCUT2D eigenvalue weighted by molar-refractivity contribution is 5.31. The normalized spacial score (nSPS) is 19.3. The molecule has 0 aromatic heterocycles. The molecule has 0 N–H and O–H groups in total. The molecule has 0 amide bonds. The molecule has 0 aliphatic heterocycles. The molecule has 0 heterocycles. The topological polar surface area (TPSA) is 9.23 Å². The molecule has 1 aromatic rings. The lowest BCUT2D eigenvalue weighted by atomic mass is 9.85. The van der Waals surface area contributed by atoms with Crippen molar-refractivity contribution < 1.29 is 13.5 Å². The van der Waals surface area contributed by atoms with Crippen LogP contribution < -0.4 is 4.74 Å². The maximum Gasteiger partial charge on any atom is 0.200 e. The fourth-order valence-corrected chi connectivity index (χ4v) is 2.38. The number of hydrogen-bond donors (Lipinski definition) is 0. The van der Waals surface area contributed by atoms with E-state index in [-0.39, 0.29) is 11.9 Å². The van der Waals surface area contributed by atoms with Gasteiger partial charge in [0.1, 0.15) is 0 Å². The molecule has 0 bridgehead atoms. The van der Waals surface area contributed by atoms with Gasteiger partial charge in [-0.2, -0.15) is 4.39 Å². The van der Waals surface area contributed by atoms with Crippen molar-refractivity contribution in [2.75, 3.05) is 0 Å². The fourth-order valence-electron chi connectivity index (χ4n) is 2.38. The maximum absolute atomic E-state index is 13.9. The quantitative estimate of drug-likeness (QED) is 0.679. The molecule has 0 radical (unpaired) electrons. The van der Waals surface area contributed by atoms with Gasteiger partial charge in [-0.25, -0.2) is 4.39 Å². The molecule has 2 aliphatic carbocycles. The summed E-state index contributed by atoms with van der Waals surface area (Å²) in [5.41, 5.74) is 0.434. The Morgan fingerprint density at radius 2 is 1.90 bits per heavy atom. The van der Waals surface area contributed by atoms with E-state index in [4.69, 9.17) is 4.74 Å². The minimum Gasteiger partial charge on any atom is -0.487 e. The van der Waals surface area contributed by atoms with Gasteiger partial charge in [0.25, 0.3) is 0 Å². The van der Waals surface area contributed by atoms with Gasteiger partial charge in [0.05, 0.1) is 6.10 Å². The zero-order valence-electron chi connectivity index (χ0n) is 11.6. The highest BCUT2D eigenvalue weighted by Crippen LogP contribution is 2.31. The molecule has 2 aliphatic rings. The lowest BCUT2D eigenvalue weighted by molar-refractivity contribution is 0.281. The second kappa shape index (κ2) is 5.94. The zero-order valence-corrected chi connectivity index (χ0v) is 11.6. The minimum absolute atomic E-state index is 0.0544. The smallest absolute Gasteiger partial charge is 0.200 e. The molecule has 1 nitrogen and oxygen atoms in total. The van der Waals surface area contributed by atoms with Crippen LogP contribution in [0.1, 0.15) is 44.1 Å². The van der Waals surface area contributed by atoms with E-state index in [1.54, 1.807) is 12.1 Å². The van der Waals surface area contributed by atoms with Crippen LogP contribution in [0.5, 0.6) is 5.75 Å². The third-order valence-corrected chi connectivity index (χ3v) is 4.08. The number of hydrogen-bond acceptors (Lipinski definition) is 1. The van der Waals surface area contributed by atoms with Crippen LogP contribution in [0.2, 0.25) is 0 Å². The first kappa shape index (κ1) is 13.6. The first-order valence-electron chi connectivity index (χ1n) is 7.54. The third kappa shape index (κ3) is 3.20. The summed E-state index contributed by atoms with van der Waals surface area (Å²) in [7, 11) is 0. The van der Waals surface area contributed by atoms with Crippen LogP contribution in [0.25, 0.3) is 0 Å². The Morgan fingerprint density at radius 1 is 1.10 bits per heavy atom. The van der Waals surface area contributed by atoms with Gasteiger partial charge >= 0.3 is 0 Å². The molecule has 0 saturated heterocycles. The van der Waals surface area contributed by atoms with Crippen LogP contribution in [-0.4, -0.2) is 6.10 Å². The first-order chi connectivity index (χ1) is 9.74. The van der Waals surface area contributed by atoms with Crippen molar-refractivity contribution in [1.29, 1.82) is 0 Å². The van der Waals surface area contributed by atoms with E-state index >= 15 is 0 Å². The van der Waals surface area contributed by atoms with Crippen LogP contribution in [0.4, 0.5) is 8.78 Å². The highest BCUT2D eigenvalue weighted by atomic mass is 19.2. The van der Waals surface area contributed by atoms with Gasteiger partial charge in [0.2, 0.25) is 5.82 Å². The van der Waals surface area contributed by atoms with Crippen LogP contribution in [-0.2, 0) is 6.42 Å². The monoisotopic (exact) mass is 278 g/mol. The third-order valence-electron chi connectivity index (χ3n) is 4.08. The summed E-state index contributed by atoms with van der Waals surface area (Å²) in [6.07, 6.45) is 11.4. The average Bonchev–Trinajstić information content (AvgIpc) is 3.19. The van der Waals surface area contributed by atoms with Crippen LogP contribution in [0, 0.1) is 17.6 Å². The largest absolute Gasteiger partial charge is 0.487 e. The van der Waals surface area contributed by atoms with E-state index in [9.17, 15) is 8.78 Å². The van der Waals surface area contributed by atoms with Gasteiger partial charge in [0, 0.05) is 0 Å². The Hall–Kier alpha value is -1.38. The molecule has 108 valence electrons. The molecule has 1 aromatic carbocycles. The highest BCUT2D eigenvalue weighted by Gasteiger charge is 2.26. The number of aryl methyl sites for hydroxylation is 1. The lowest BCUT2D eigenvalue weighted by Gasteiger charge is -2.21. The second-order valence-corrected chi connectivity index (χ2v) is 5.83. The van der Waals surface area contributed by atoms with Crippen LogP contribution in [0.15, 0.2) is 24.3 Å². The molecule has 20 heavy (non-hydrogen) atoms. The van der Waals surface area contributed by atoms with E-state index in [1.807, 2.05) is 0 Å². The molecular weight excluding hydrogens is 258 g/mol. The summed E-state index contributed by atoms with van der Waals surface area (Å²) in [5, 5.41) is 0. The Balaban J connectivity index is 1.57. The standard InChI is InChI=1S/C17H20F2O/c18-16-13(7-2-1-4-12-5-3-6-12)8-11-15(17(16)19)20-14-9-10-14/h1,4,8,11-12,14H,2-3,5-7,9-10H2/b4-1+. The summed E-state index contributed by atoms with van der Waals surface area (Å²) in [5.74, 6) is -0.817. The van der Waals surface area contributed by atoms with E-state index in [1.165, 1.54) is 19.3 Å². The van der Waals surface area contributed by atoms with E-state index < -0.39 is 11.6 Å². The number of halogens is 2. The van der Waals surface area contributed by atoms with Crippen LogP contribution in [0.3, 0.4) is 0 Å². The minimum atomic E-state index is -0.836. The summed E-state index contributed by atoms with van der Waals surface area (Å²) in [6.45, 7) is 0. The van der Waals surface area contributed by atoms with Crippen molar-refractivity contribution >= 4 is 0 Å². The molecule has 2 saturated carbocycles. The molecule has 3 heteroatoms. The van der Waals surface area contributed by atoms with Gasteiger partial charge in [-0.3, -0.25) is 0 Å². The maximum atomic E-state index is 13.9. The number of ether oxygens (including phenoxy) is 1. The molecule has 2 fully saturated rings. The zero-order chi connectivity index (χ0) is 13.9.